The van der Waals surface area contributed by atoms with Gasteiger partial charge in [-0.1, -0.05) is 32.8 Å². The number of hydroxylamine groups is 1. The zero-order chi connectivity index (χ0) is 12.4. The average Bonchev–Trinajstić information content (AvgIpc) is 2.25. The van der Waals surface area contributed by atoms with E-state index in [1.54, 1.807) is 6.92 Å². The van der Waals surface area contributed by atoms with Gasteiger partial charge in [0, 0.05) is 12.1 Å². The molecule has 0 radical (unpaired) electrons. The van der Waals surface area contributed by atoms with Gasteiger partial charge in [0.15, 0.2) is 0 Å². The molecular weight excluding hydrogens is 206 g/mol. The fourth-order valence-electron chi connectivity index (χ4n) is 0.956. The monoisotopic (exact) mass is 227 g/mol. The number of carbonyl (C=O) groups excluding carboxylic acids is 1. The maximum Gasteiger partial charge on any atom is 0.358 e. The summed E-state index contributed by atoms with van der Waals surface area (Å²) in [6.07, 6.45) is 4.52. The van der Waals surface area contributed by atoms with Crippen LogP contribution < -0.4 is 11.2 Å². The van der Waals surface area contributed by atoms with Crippen molar-refractivity contribution in [2.24, 2.45) is 10.7 Å². The lowest BCUT2D eigenvalue weighted by molar-refractivity contribution is -0.143. The normalized spacial score (nSPS) is 11.0. The Kier molecular flexibility index (Phi) is 7.93. The molecule has 0 aliphatic rings. The minimum Gasteiger partial charge on any atom is -0.368 e. The van der Waals surface area contributed by atoms with E-state index in [-0.39, 0.29) is 5.96 Å². The Balaban J connectivity index is 3.63. The SMILES string of the molecule is C=C(C)C(=O)ONC(N)=NCCCCCC. The predicted octanol–water partition coefficient (Wildman–Crippen LogP) is 1.51. The van der Waals surface area contributed by atoms with Gasteiger partial charge in [0.05, 0.1) is 0 Å². The van der Waals surface area contributed by atoms with E-state index >= 15 is 0 Å². The van der Waals surface area contributed by atoms with E-state index in [2.05, 4.69) is 28.8 Å². The molecule has 0 saturated heterocycles. The number of aliphatic imine (C=N–C) groups is 1. The summed E-state index contributed by atoms with van der Waals surface area (Å²) in [4.78, 5) is 19.6. The zero-order valence-corrected chi connectivity index (χ0v) is 10.1. The van der Waals surface area contributed by atoms with Gasteiger partial charge in [0.25, 0.3) is 0 Å². The molecule has 0 saturated carbocycles. The van der Waals surface area contributed by atoms with E-state index in [1.807, 2.05) is 0 Å². The summed E-state index contributed by atoms with van der Waals surface area (Å²) >= 11 is 0. The topological polar surface area (TPSA) is 76.7 Å². The van der Waals surface area contributed by atoms with Gasteiger partial charge in [-0.3, -0.25) is 4.99 Å². The summed E-state index contributed by atoms with van der Waals surface area (Å²) < 4.78 is 0. The largest absolute Gasteiger partial charge is 0.368 e. The molecule has 0 unspecified atom stereocenters. The standard InChI is InChI=1S/C11H21N3O2/c1-4-5-6-7-8-13-11(12)14-16-10(15)9(2)3/h2,4-8H2,1,3H3,(H3,12,13,14). The number of rotatable bonds is 6. The molecule has 0 bridgehead atoms. The van der Waals surface area contributed by atoms with Crippen LogP contribution in [0.1, 0.15) is 39.5 Å². The third-order valence-corrected chi connectivity index (χ3v) is 1.89. The lowest BCUT2D eigenvalue weighted by atomic mass is 10.2. The number of carbonyl (C=O) groups is 1. The summed E-state index contributed by atoms with van der Waals surface area (Å²) in [5.74, 6) is -0.421. The van der Waals surface area contributed by atoms with E-state index in [1.165, 1.54) is 12.8 Å². The molecule has 0 spiro atoms. The molecule has 0 amide bonds. The van der Waals surface area contributed by atoms with Crippen molar-refractivity contribution in [2.45, 2.75) is 39.5 Å². The van der Waals surface area contributed by atoms with Gasteiger partial charge in [-0.2, -0.15) is 5.48 Å². The van der Waals surface area contributed by atoms with Crippen LogP contribution in [0.2, 0.25) is 0 Å². The van der Waals surface area contributed by atoms with Crippen molar-refractivity contribution in [1.29, 1.82) is 0 Å². The zero-order valence-electron chi connectivity index (χ0n) is 10.1. The second-order valence-corrected chi connectivity index (χ2v) is 3.60. The Morgan fingerprint density at radius 2 is 2.12 bits per heavy atom. The van der Waals surface area contributed by atoms with Gasteiger partial charge < -0.3 is 10.6 Å². The van der Waals surface area contributed by atoms with Crippen LogP contribution >= 0.6 is 0 Å². The molecule has 5 nitrogen and oxygen atoms in total. The smallest absolute Gasteiger partial charge is 0.358 e. The summed E-state index contributed by atoms with van der Waals surface area (Å²) in [6.45, 7) is 7.78. The van der Waals surface area contributed by atoms with E-state index < -0.39 is 5.97 Å². The Hall–Kier alpha value is -1.52. The number of hydrogen-bond acceptors (Lipinski definition) is 3. The number of nitrogens with one attached hydrogen (secondary N) is 1. The second kappa shape index (κ2) is 8.76. The molecule has 5 heteroatoms. The Labute approximate surface area is 96.7 Å². The summed E-state index contributed by atoms with van der Waals surface area (Å²) in [5, 5.41) is 0. The third kappa shape index (κ3) is 7.84. The summed E-state index contributed by atoms with van der Waals surface area (Å²) in [5.41, 5.74) is 8.05. The van der Waals surface area contributed by atoms with E-state index in [0.29, 0.717) is 12.1 Å². The molecular formula is C11H21N3O2. The molecule has 0 aromatic heterocycles. The average molecular weight is 227 g/mol. The van der Waals surface area contributed by atoms with Crippen LogP contribution in [0.5, 0.6) is 0 Å². The number of guanidine groups is 1. The molecule has 92 valence electrons. The Morgan fingerprint density at radius 3 is 2.69 bits per heavy atom. The molecule has 0 aromatic rings. The Morgan fingerprint density at radius 1 is 1.44 bits per heavy atom. The molecule has 16 heavy (non-hydrogen) atoms. The van der Waals surface area contributed by atoms with Gasteiger partial charge >= 0.3 is 5.97 Å². The highest BCUT2D eigenvalue weighted by molar-refractivity contribution is 5.88. The van der Waals surface area contributed by atoms with Crippen molar-refractivity contribution in [2.75, 3.05) is 6.54 Å². The van der Waals surface area contributed by atoms with Crippen molar-refractivity contribution in [3.8, 4) is 0 Å². The number of hydrogen-bond donors (Lipinski definition) is 2. The summed E-state index contributed by atoms with van der Waals surface area (Å²) in [7, 11) is 0. The van der Waals surface area contributed by atoms with Crippen molar-refractivity contribution >= 4 is 11.9 Å². The van der Waals surface area contributed by atoms with Crippen LogP contribution in [0.3, 0.4) is 0 Å². The van der Waals surface area contributed by atoms with Gasteiger partial charge in [-0.05, 0) is 13.3 Å². The van der Waals surface area contributed by atoms with Crippen molar-refractivity contribution in [3.63, 3.8) is 0 Å². The fourth-order valence-corrected chi connectivity index (χ4v) is 0.956. The first-order valence-corrected chi connectivity index (χ1v) is 5.50. The van der Waals surface area contributed by atoms with Crippen molar-refractivity contribution in [1.82, 2.24) is 5.48 Å². The van der Waals surface area contributed by atoms with Crippen LogP contribution in [0.4, 0.5) is 0 Å². The van der Waals surface area contributed by atoms with E-state index in [9.17, 15) is 4.79 Å². The molecule has 0 aliphatic carbocycles. The second-order valence-electron chi connectivity index (χ2n) is 3.60. The fraction of sp³-hybridized carbons (Fsp3) is 0.636. The van der Waals surface area contributed by atoms with Crippen molar-refractivity contribution in [3.05, 3.63) is 12.2 Å². The number of nitrogens with two attached hydrogens (primary N) is 1. The van der Waals surface area contributed by atoms with Crippen LogP contribution in [0.15, 0.2) is 17.1 Å². The molecule has 0 heterocycles. The van der Waals surface area contributed by atoms with Crippen LogP contribution in [-0.4, -0.2) is 18.5 Å². The maximum absolute atomic E-state index is 11.0. The Bertz CT molecular complexity index is 262. The van der Waals surface area contributed by atoms with Crippen LogP contribution in [-0.2, 0) is 9.63 Å². The highest BCUT2D eigenvalue weighted by Crippen LogP contribution is 1.98. The molecule has 3 N–H and O–H groups in total. The van der Waals surface area contributed by atoms with Crippen molar-refractivity contribution < 1.29 is 9.63 Å². The molecule has 0 fully saturated rings. The van der Waals surface area contributed by atoms with E-state index in [0.717, 1.165) is 12.8 Å². The highest BCUT2D eigenvalue weighted by atomic mass is 16.7. The summed E-state index contributed by atoms with van der Waals surface area (Å²) in [6, 6.07) is 0. The first-order chi connectivity index (χ1) is 7.57. The van der Waals surface area contributed by atoms with Gasteiger partial charge in [-0.15, -0.1) is 0 Å². The first-order valence-electron chi connectivity index (χ1n) is 5.50. The lowest BCUT2D eigenvalue weighted by Gasteiger charge is -2.05. The quantitative estimate of drug-likeness (QED) is 0.237. The first kappa shape index (κ1) is 14.5. The van der Waals surface area contributed by atoms with Crippen LogP contribution in [0.25, 0.3) is 0 Å². The number of unbranched alkanes of at least 4 members (excludes halogenated alkanes) is 3. The van der Waals surface area contributed by atoms with E-state index in [4.69, 9.17) is 5.73 Å². The number of nitrogens with zero attached hydrogens (tertiary/aromatic N) is 1. The van der Waals surface area contributed by atoms with Gasteiger partial charge in [0.1, 0.15) is 0 Å². The van der Waals surface area contributed by atoms with Crippen LogP contribution in [0, 0.1) is 0 Å². The maximum atomic E-state index is 11.0. The molecule has 0 atom stereocenters. The lowest BCUT2D eigenvalue weighted by Crippen LogP contribution is -2.34. The molecule has 0 rings (SSSR count). The third-order valence-electron chi connectivity index (χ3n) is 1.89. The van der Waals surface area contributed by atoms with Gasteiger partial charge in [0.2, 0.25) is 5.96 Å². The minimum atomic E-state index is -0.538. The predicted molar refractivity (Wildman–Crippen MR) is 64.7 cm³/mol. The minimum absolute atomic E-state index is 0.117. The molecule has 0 aromatic carbocycles. The molecule has 0 aliphatic heterocycles. The highest BCUT2D eigenvalue weighted by Gasteiger charge is 2.02. The van der Waals surface area contributed by atoms with Gasteiger partial charge in [-0.25, -0.2) is 4.79 Å².